The van der Waals surface area contributed by atoms with Crippen molar-refractivity contribution in [2.24, 2.45) is 0 Å². The van der Waals surface area contributed by atoms with E-state index in [1.807, 2.05) is 12.4 Å². The van der Waals surface area contributed by atoms with E-state index in [1.54, 1.807) is 0 Å². The molecule has 0 amide bonds. The average Bonchev–Trinajstić information content (AvgIpc) is 2.14. The Kier molecular flexibility index (Phi) is 1.33. The third-order valence-corrected chi connectivity index (χ3v) is 1.32. The van der Waals surface area contributed by atoms with Crippen LogP contribution in [0.15, 0.2) is 12.4 Å². The number of nitrogens with zero attached hydrogens (tertiary/aromatic N) is 1. The summed E-state index contributed by atoms with van der Waals surface area (Å²) in [5.74, 6) is 1.22. The predicted molar refractivity (Wildman–Crippen MR) is 31.4 cm³/mol. The number of aryl methyl sites for hydroxylation is 2. The first kappa shape index (κ1) is 5.35. The SMILES string of the molecule is CC[n+]1cc[nH]c1C. The van der Waals surface area contributed by atoms with Crippen molar-refractivity contribution >= 4 is 0 Å². The molecule has 2 nitrogen and oxygen atoms in total. The summed E-state index contributed by atoms with van der Waals surface area (Å²) in [6.07, 6.45) is 3.98. The van der Waals surface area contributed by atoms with Gasteiger partial charge in [0.2, 0.25) is 0 Å². The van der Waals surface area contributed by atoms with Gasteiger partial charge in [-0.1, -0.05) is 0 Å². The number of hydrogen-bond acceptors (Lipinski definition) is 0. The molecule has 0 atom stereocenters. The summed E-state index contributed by atoms with van der Waals surface area (Å²) in [6.45, 7) is 5.24. The summed E-state index contributed by atoms with van der Waals surface area (Å²) in [5, 5.41) is 0. The van der Waals surface area contributed by atoms with Gasteiger partial charge in [-0.05, 0) is 6.92 Å². The van der Waals surface area contributed by atoms with Gasteiger partial charge in [0.1, 0.15) is 12.4 Å². The summed E-state index contributed by atoms with van der Waals surface area (Å²) in [6, 6.07) is 0. The van der Waals surface area contributed by atoms with Crippen LogP contribution >= 0.6 is 0 Å². The molecule has 0 saturated heterocycles. The normalized spacial score (nSPS) is 9.75. The molecular formula is C6H11N2+. The van der Waals surface area contributed by atoms with Crippen molar-refractivity contribution in [3.05, 3.63) is 18.2 Å². The molecule has 0 radical (unpaired) electrons. The molecule has 0 saturated carbocycles. The van der Waals surface area contributed by atoms with Gasteiger partial charge in [0.25, 0.3) is 5.82 Å². The van der Waals surface area contributed by atoms with Crippen LogP contribution in [0.3, 0.4) is 0 Å². The largest absolute Gasteiger partial charge is 0.250 e. The molecule has 1 heterocycles. The molecule has 0 aliphatic heterocycles. The first-order chi connectivity index (χ1) is 3.84. The Labute approximate surface area is 49.2 Å². The molecule has 1 N–H and O–H groups in total. The van der Waals surface area contributed by atoms with Crippen LogP contribution in [0.25, 0.3) is 0 Å². The zero-order valence-corrected chi connectivity index (χ0v) is 5.31. The molecule has 0 aromatic carbocycles. The lowest BCUT2D eigenvalue weighted by Gasteiger charge is -1.86. The van der Waals surface area contributed by atoms with Gasteiger partial charge in [-0.2, -0.15) is 0 Å². The van der Waals surface area contributed by atoms with Crippen LogP contribution in [0.4, 0.5) is 0 Å². The highest BCUT2D eigenvalue weighted by Gasteiger charge is 1.97. The van der Waals surface area contributed by atoms with E-state index in [2.05, 4.69) is 23.4 Å². The average molecular weight is 111 g/mol. The Morgan fingerprint density at radius 2 is 2.50 bits per heavy atom. The van der Waals surface area contributed by atoms with Crippen molar-refractivity contribution in [3.8, 4) is 0 Å². The highest BCUT2D eigenvalue weighted by atomic mass is 15.0. The molecule has 2 heteroatoms. The Bertz CT molecular complexity index is 167. The Balaban J connectivity index is 2.92. The topological polar surface area (TPSA) is 19.7 Å². The number of aromatic amines is 1. The van der Waals surface area contributed by atoms with Crippen LogP contribution in [0.2, 0.25) is 0 Å². The predicted octanol–water partition coefficient (Wildman–Crippen LogP) is 0.631. The summed E-state index contributed by atoms with van der Waals surface area (Å²) in [7, 11) is 0. The highest BCUT2D eigenvalue weighted by Crippen LogP contribution is 1.78. The lowest BCUT2D eigenvalue weighted by molar-refractivity contribution is -0.698. The van der Waals surface area contributed by atoms with Gasteiger partial charge < -0.3 is 0 Å². The molecule has 44 valence electrons. The first-order valence-electron chi connectivity index (χ1n) is 2.88. The maximum atomic E-state index is 3.08. The molecule has 0 aliphatic carbocycles. The second-order valence-corrected chi connectivity index (χ2v) is 1.83. The smallest absolute Gasteiger partial charge is 0.248 e. The molecular weight excluding hydrogens is 100 g/mol. The van der Waals surface area contributed by atoms with Crippen molar-refractivity contribution < 1.29 is 4.57 Å². The fourth-order valence-electron chi connectivity index (χ4n) is 0.785. The number of aromatic nitrogens is 2. The fourth-order valence-corrected chi connectivity index (χ4v) is 0.785. The summed E-state index contributed by atoms with van der Waals surface area (Å²) in [5.41, 5.74) is 0. The van der Waals surface area contributed by atoms with Crippen LogP contribution in [-0.2, 0) is 6.54 Å². The zero-order valence-electron chi connectivity index (χ0n) is 5.31. The molecule has 0 aliphatic rings. The van der Waals surface area contributed by atoms with Gasteiger partial charge >= 0.3 is 0 Å². The third kappa shape index (κ3) is 0.735. The lowest BCUT2D eigenvalue weighted by atomic mass is 10.6. The van der Waals surface area contributed by atoms with Gasteiger partial charge in [-0.25, -0.2) is 9.55 Å². The van der Waals surface area contributed by atoms with Gasteiger partial charge in [-0.15, -0.1) is 0 Å². The fraction of sp³-hybridized carbons (Fsp3) is 0.500. The van der Waals surface area contributed by atoms with E-state index in [0.29, 0.717) is 0 Å². The van der Waals surface area contributed by atoms with Crippen LogP contribution in [-0.4, -0.2) is 4.98 Å². The maximum Gasteiger partial charge on any atom is 0.250 e. The molecule has 0 unspecified atom stereocenters. The van der Waals surface area contributed by atoms with Gasteiger partial charge in [0.15, 0.2) is 0 Å². The molecule has 0 bridgehead atoms. The van der Waals surface area contributed by atoms with E-state index in [9.17, 15) is 0 Å². The second-order valence-electron chi connectivity index (χ2n) is 1.83. The number of rotatable bonds is 1. The van der Waals surface area contributed by atoms with Crippen molar-refractivity contribution in [1.29, 1.82) is 0 Å². The van der Waals surface area contributed by atoms with E-state index in [4.69, 9.17) is 0 Å². The Morgan fingerprint density at radius 1 is 1.75 bits per heavy atom. The standard InChI is InChI=1S/C6H10N2/c1-3-8-5-4-7-6(8)2/h4-5H,3H2,1-2H3/p+1. The third-order valence-electron chi connectivity index (χ3n) is 1.32. The monoisotopic (exact) mass is 111 g/mol. The highest BCUT2D eigenvalue weighted by molar-refractivity contribution is 4.70. The Morgan fingerprint density at radius 3 is 2.75 bits per heavy atom. The maximum absolute atomic E-state index is 3.08. The van der Waals surface area contributed by atoms with Gasteiger partial charge in [0, 0.05) is 6.92 Å². The van der Waals surface area contributed by atoms with E-state index in [-0.39, 0.29) is 0 Å². The van der Waals surface area contributed by atoms with E-state index in [0.717, 1.165) is 6.54 Å². The van der Waals surface area contributed by atoms with E-state index >= 15 is 0 Å². The van der Waals surface area contributed by atoms with Crippen LogP contribution in [0.1, 0.15) is 12.7 Å². The van der Waals surface area contributed by atoms with E-state index in [1.165, 1.54) is 5.82 Å². The Hall–Kier alpha value is -0.790. The molecule has 1 aromatic heterocycles. The molecule has 1 rings (SSSR count). The minimum Gasteiger partial charge on any atom is -0.248 e. The van der Waals surface area contributed by atoms with Crippen LogP contribution in [0, 0.1) is 6.92 Å². The molecule has 0 fully saturated rings. The summed E-state index contributed by atoms with van der Waals surface area (Å²) >= 11 is 0. The number of H-pyrrole nitrogens is 1. The van der Waals surface area contributed by atoms with Crippen LogP contribution in [0.5, 0.6) is 0 Å². The van der Waals surface area contributed by atoms with Crippen molar-refractivity contribution in [1.82, 2.24) is 4.98 Å². The minimum absolute atomic E-state index is 1.05. The van der Waals surface area contributed by atoms with Gasteiger partial charge in [0.05, 0.1) is 6.54 Å². The van der Waals surface area contributed by atoms with Crippen molar-refractivity contribution in [2.75, 3.05) is 0 Å². The van der Waals surface area contributed by atoms with Gasteiger partial charge in [-0.3, -0.25) is 0 Å². The number of imidazole rings is 1. The molecule has 8 heavy (non-hydrogen) atoms. The first-order valence-corrected chi connectivity index (χ1v) is 2.88. The summed E-state index contributed by atoms with van der Waals surface area (Å²) in [4.78, 5) is 3.08. The summed E-state index contributed by atoms with van der Waals surface area (Å²) < 4.78 is 2.15. The number of nitrogens with one attached hydrogen (secondary N) is 1. The molecule has 1 aromatic rings. The van der Waals surface area contributed by atoms with E-state index < -0.39 is 0 Å². The molecule has 0 spiro atoms. The minimum atomic E-state index is 1.05. The lowest BCUT2D eigenvalue weighted by Crippen LogP contribution is -2.32. The van der Waals surface area contributed by atoms with Crippen LogP contribution < -0.4 is 4.57 Å². The zero-order chi connectivity index (χ0) is 5.98. The number of hydrogen-bond donors (Lipinski definition) is 1. The quantitative estimate of drug-likeness (QED) is 0.513. The second kappa shape index (κ2) is 1.99. The van der Waals surface area contributed by atoms with Crippen molar-refractivity contribution in [2.45, 2.75) is 20.4 Å². The van der Waals surface area contributed by atoms with Crippen molar-refractivity contribution in [3.63, 3.8) is 0 Å².